The first kappa shape index (κ1) is 32.7. The first-order chi connectivity index (χ1) is 19.8. The number of rotatable bonds is 12. The summed E-state index contributed by atoms with van der Waals surface area (Å²) in [6, 6.07) is 17.2. The van der Waals surface area contributed by atoms with E-state index in [0.717, 1.165) is 23.3 Å². The Bertz CT molecular complexity index is 1480. The van der Waals surface area contributed by atoms with Crippen molar-refractivity contribution in [3.8, 4) is 0 Å². The molecule has 7 nitrogen and oxygen atoms in total. The highest BCUT2D eigenvalue weighted by Gasteiger charge is 2.36. The van der Waals surface area contributed by atoms with E-state index in [2.05, 4.69) is 5.32 Å². The molecule has 0 aromatic heterocycles. The number of hydrogen-bond donors (Lipinski definition) is 1. The fourth-order valence-electron chi connectivity index (χ4n) is 4.45. The highest BCUT2D eigenvalue weighted by atomic mass is 32.2. The third-order valence-electron chi connectivity index (χ3n) is 6.89. The SMILES string of the molecule is CC[C@@H](C)NC(=O)[C@H](CC)N(Cc1cccc(C)c1)C(=O)CN(c1cccc(C(F)(F)F)c1)S(=O)(=O)c1ccccc1. The van der Waals surface area contributed by atoms with Gasteiger partial charge in [-0.3, -0.25) is 13.9 Å². The molecular weight excluding hydrogens is 567 g/mol. The maximum atomic E-state index is 14.1. The summed E-state index contributed by atoms with van der Waals surface area (Å²) in [5.41, 5.74) is 0.259. The lowest BCUT2D eigenvalue weighted by Crippen LogP contribution is -2.53. The van der Waals surface area contributed by atoms with Gasteiger partial charge in [-0.1, -0.05) is 67.9 Å². The van der Waals surface area contributed by atoms with Crippen LogP contribution in [0.3, 0.4) is 0 Å². The first-order valence-electron chi connectivity index (χ1n) is 13.7. The van der Waals surface area contributed by atoms with E-state index in [9.17, 15) is 31.2 Å². The molecule has 0 bridgehead atoms. The van der Waals surface area contributed by atoms with Crippen LogP contribution in [0.1, 0.15) is 50.3 Å². The average molecular weight is 604 g/mol. The van der Waals surface area contributed by atoms with Gasteiger partial charge in [0.05, 0.1) is 16.1 Å². The molecule has 0 heterocycles. The second-order valence-corrected chi connectivity index (χ2v) is 12.0. The van der Waals surface area contributed by atoms with Gasteiger partial charge in [-0.2, -0.15) is 13.2 Å². The summed E-state index contributed by atoms with van der Waals surface area (Å²) in [6.07, 6.45) is -3.85. The zero-order valence-electron chi connectivity index (χ0n) is 24.1. The van der Waals surface area contributed by atoms with Crippen LogP contribution in [0, 0.1) is 6.92 Å². The molecule has 1 N–H and O–H groups in total. The van der Waals surface area contributed by atoms with Crippen LogP contribution in [0.15, 0.2) is 83.8 Å². The van der Waals surface area contributed by atoms with Gasteiger partial charge < -0.3 is 10.2 Å². The van der Waals surface area contributed by atoms with Crippen molar-refractivity contribution in [3.63, 3.8) is 0 Å². The Morgan fingerprint density at radius 1 is 0.905 bits per heavy atom. The molecule has 11 heteroatoms. The van der Waals surface area contributed by atoms with E-state index in [1.165, 1.54) is 35.2 Å². The number of carbonyl (C=O) groups excluding carboxylic acids is 2. The van der Waals surface area contributed by atoms with Gasteiger partial charge >= 0.3 is 6.18 Å². The Labute approximate surface area is 245 Å². The molecule has 0 spiro atoms. The summed E-state index contributed by atoms with van der Waals surface area (Å²) in [5.74, 6) is -1.14. The van der Waals surface area contributed by atoms with Crippen molar-refractivity contribution in [2.24, 2.45) is 0 Å². The van der Waals surface area contributed by atoms with E-state index in [1.807, 2.05) is 39.0 Å². The average Bonchev–Trinajstić information content (AvgIpc) is 2.95. The van der Waals surface area contributed by atoms with Crippen LogP contribution in [0.5, 0.6) is 0 Å². The molecule has 0 fully saturated rings. The van der Waals surface area contributed by atoms with E-state index in [0.29, 0.717) is 16.8 Å². The number of benzene rings is 3. The van der Waals surface area contributed by atoms with E-state index < -0.39 is 46.2 Å². The van der Waals surface area contributed by atoms with E-state index in [1.54, 1.807) is 19.1 Å². The van der Waals surface area contributed by atoms with Crippen molar-refractivity contribution >= 4 is 27.5 Å². The summed E-state index contributed by atoms with van der Waals surface area (Å²) >= 11 is 0. The molecule has 0 aliphatic heterocycles. The van der Waals surface area contributed by atoms with Gasteiger partial charge in [-0.05, 0) is 62.6 Å². The predicted octanol–water partition coefficient (Wildman–Crippen LogP) is 5.93. The molecule has 226 valence electrons. The van der Waals surface area contributed by atoms with Crippen LogP contribution >= 0.6 is 0 Å². The quantitative estimate of drug-likeness (QED) is 0.278. The van der Waals surface area contributed by atoms with Crippen molar-refractivity contribution in [1.82, 2.24) is 10.2 Å². The molecule has 3 aromatic rings. The molecule has 3 rings (SSSR count). The van der Waals surface area contributed by atoms with E-state index in [4.69, 9.17) is 0 Å². The smallest absolute Gasteiger partial charge is 0.352 e. The first-order valence-corrected chi connectivity index (χ1v) is 15.1. The Hall–Kier alpha value is -3.86. The van der Waals surface area contributed by atoms with Gasteiger partial charge in [-0.15, -0.1) is 0 Å². The fraction of sp³-hybridized carbons (Fsp3) is 0.355. The topological polar surface area (TPSA) is 86.8 Å². The molecule has 3 aromatic carbocycles. The highest BCUT2D eigenvalue weighted by Crippen LogP contribution is 2.33. The van der Waals surface area contributed by atoms with Crippen molar-refractivity contribution in [2.45, 2.75) is 70.2 Å². The number of amides is 2. The standard InChI is InChI=1S/C31H36F3N3O4S/c1-5-23(4)35-30(39)28(6-2)36(20-24-13-10-12-22(3)18-24)29(38)21-37(42(40,41)27-16-8-7-9-17-27)26-15-11-14-25(19-26)31(32,33)34/h7-19,23,28H,5-6,20-21H2,1-4H3,(H,35,39)/t23-,28+/m1/s1. The third-order valence-corrected chi connectivity index (χ3v) is 8.68. The lowest BCUT2D eigenvalue weighted by molar-refractivity contribution is -0.140. The minimum atomic E-state index is -4.74. The van der Waals surface area contributed by atoms with Gasteiger partial charge in [0, 0.05) is 12.6 Å². The zero-order chi connectivity index (χ0) is 31.1. The molecule has 2 amide bonds. The number of anilines is 1. The van der Waals surface area contributed by atoms with Crippen molar-refractivity contribution < 1.29 is 31.2 Å². The second kappa shape index (κ2) is 13.9. The minimum Gasteiger partial charge on any atom is -0.352 e. The number of carbonyl (C=O) groups is 2. The second-order valence-electron chi connectivity index (χ2n) is 10.1. The Balaban J connectivity index is 2.11. The molecular formula is C31H36F3N3O4S. The van der Waals surface area contributed by atoms with Gasteiger partial charge in [0.15, 0.2) is 0 Å². The summed E-state index contributed by atoms with van der Waals surface area (Å²) in [5, 5.41) is 2.89. The van der Waals surface area contributed by atoms with Crippen molar-refractivity contribution in [1.29, 1.82) is 0 Å². The zero-order valence-corrected chi connectivity index (χ0v) is 24.9. The molecule has 0 unspecified atom stereocenters. The summed E-state index contributed by atoms with van der Waals surface area (Å²) in [7, 11) is -4.48. The number of nitrogens with zero attached hydrogens (tertiary/aromatic N) is 2. The van der Waals surface area contributed by atoms with Crippen LogP contribution in [0.2, 0.25) is 0 Å². The minimum absolute atomic E-state index is 0.00520. The van der Waals surface area contributed by atoms with Crippen LogP contribution in [0.25, 0.3) is 0 Å². The van der Waals surface area contributed by atoms with Gasteiger partial charge in [-0.25, -0.2) is 8.42 Å². The molecule has 0 aliphatic carbocycles. The van der Waals surface area contributed by atoms with Crippen LogP contribution < -0.4 is 9.62 Å². The van der Waals surface area contributed by atoms with E-state index in [-0.39, 0.29) is 29.6 Å². The number of aryl methyl sites for hydroxylation is 1. The van der Waals surface area contributed by atoms with Gasteiger partial charge in [0.25, 0.3) is 10.0 Å². The molecule has 0 aliphatic rings. The summed E-state index contributed by atoms with van der Waals surface area (Å²) in [6.45, 7) is 6.53. The number of nitrogens with one attached hydrogen (secondary N) is 1. The predicted molar refractivity (Wildman–Crippen MR) is 156 cm³/mol. The van der Waals surface area contributed by atoms with Crippen molar-refractivity contribution in [3.05, 3.63) is 95.6 Å². The lowest BCUT2D eigenvalue weighted by atomic mass is 10.1. The number of sulfonamides is 1. The normalized spacial score (nSPS) is 13.2. The van der Waals surface area contributed by atoms with Gasteiger partial charge in [0.1, 0.15) is 12.6 Å². The molecule has 42 heavy (non-hydrogen) atoms. The van der Waals surface area contributed by atoms with Crippen LogP contribution in [0.4, 0.5) is 18.9 Å². The summed E-state index contributed by atoms with van der Waals surface area (Å²) in [4.78, 5) is 28.5. The Morgan fingerprint density at radius 2 is 1.57 bits per heavy atom. The maximum absolute atomic E-state index is 14.1. The molecule has 0 saturated heterocycles. The largest absolute Gasteiger partial charge is 0.416 e. The van der Waals surface area contributed by atoms with E-state index >= 15 is 0 Å². The Kier molecular flexibility index (Phi) is 10.8. The highest BCUT2D eigenvalue weighted by molar-refractivity contribution is 7.92. The monoisotopic (exact) mass is 603 g/mol. The number of alkyl halides is 3. The Morgan fingerprint density at radius 3 is 2.17 bits per heavy atom. The lowest BCUT2D eigenvalue weighted by Gasteiger charge is -2.34. The van der Waals surface area contributed by atoms with Gasteiger partial charge in [0.2, 0.25) is 11.8 Å². The van der Waals surface area contributed by atoms with Crippen LogP contribution in [-0.2, 0) is 32.3 Å². The van der Waals surface area contributed by atoms with Crippen LogP contribution in [-0.4, -0.2) is 43.8 Å². The number of halogens is 3. The molecule has 2 atom stereocenters. The number of hydrogen-bond acceptors (Lipinski definition) is 4. The maximum Gasteiger partial charge on any atom is 0.416 e. The van der Waals surface area contributed by atoms with Crippen molar-refractivity contribution in [2.75, 3.05) is 10.8 Å². The molecule has 0 saturated carbocycles. The fourth-order valence-corrected chi connectivity index (χ4v) is 5.88. The molecule has 0 radical (unpaired) electrons. The third kappa shape index (κ3) is 8.12. The summed E-state index contributed by atoms with van der Waals surface area (Å²) < 4.78 is 69.1.